The minimum Gasteiger partial charge on any atom is -0.465 e. The van der Waals surface area contributed by atoms with Gasteiger partial charge in [0.25, 0.3) is 0 Å². The van der Waals surface area contributed by atoms with Gasteiger partial charge in [-0.05, 0) is 19.8 Å². The molecule has 0 aromatic rings. The smallest absolute Gasteiger partial charge is 0.320 e. The zero-order valence-electron chi connectivity index (χ0n) is 10.6. The summed E-state index contributed by atoms with van der Waals surface area (Å²) >= 11 is 0. The van der Waals surface area contributed by atoms with E-state index >= 15 is 0 Å². The monoisotopic (exact) mass is 241 g/mol. The van der Waals surface area contributed by atoms with Gasteiger partial charge in [-0.15, -0.1) is 6.58 Å². The van der Waals surface area contributed by atoms with Crippen LogP contribution in [0.1, 0.15) is 32.6 Å². The fraction of sp³-hybridized carbons (Fsp3) is 0.769. The van der Waals surface area contributed by atoms with Crippen LogP contribution in [0, 0.1) is 0 Å². The molecule has 17 heavy (non-hydrogen) atoms. The standard InChI is InChI=1S/C13H23NO3/c1-3-9-14(10-13(16)17-4-2)11-7-5-6-8-12(11)15/h3,11-12,15H,1,4-10H2,2H3. The number of hydrogen-bond donors (Lipinski definition) is 1. The van der Waals surface area contributed by atoms with E-state index in [1.807, 2.05) is 4.90 Å². The maximum atomic E-state index is 11.5. The SMILES string of the molecule is C=CCN(CC(=O)OCC)C1CCCCC1O. The minimum atomic E-state index is -0.335. The number of aliphatic hydroxyl groups excluding tert-OH is 1. The molecule has 4 heteroatoms. The van der Waals surface area contributed by atoms with E-state index < -0.39 is 0 Å². The highest BCUT2D eigenvalue weighted by Crippen LogP contribution is 2.23. The Morgan fingerprint density at radius 3 is 2.82 bits per heavy atom. The number of carbonyl (C=O) groups is 1. The molecule has 0 bridgehead atoms. The van der Waals surface area contributed by atoms with Crippen molar-refractivity contribution < 1.29 is 14.6 Å². The Morgan fingerprint density at radius 2 is 2.24 bits per heavy atom. The highest BCUT2D eigenvalue weighted by atomic mass is 16.5. The summed E-state index contributed by atoms with van der Waals surface area (Å²) in [6, 6.07) is 0.0613. The molecule has 0 spiro atoms. The summed E-state index contributed by atoms with van der Waals surface area (Å²) in [6.07, 6.45) is 5.37. The van der Waals surface area contributed by atoms with Crippen LogP contribution in [0.25, 0.3) is 0 Å². The Labute approximate surface area is 103 Å². The first-order chi connectivity index (χ1) is 8.19. The van der Waals surface area contributed by atoms with Gasteiger partial charge in [0.2, 0.25) is 0 Å². The molecule has 0 saturated heterocycles. The molecule has 4 nitrogen and oxygen atoms in total. The second-order valence-corrected chi connectivity index (χ2v) is 4.44. The van der Waals surface area contributed by atoms with Crippen molar-refractivity contribution in [2.45, 2.75) is 44.8 Å². The van der Waals surface area contributed by atoms with Crippen LogP contribution in [0.15, 0.2) is 12.7 Å². The summed E-state index contributed by atoms with van der Waals surface area (Å²) in [7, 11) is 0. The zero-order valence-corrected chi connectivity index (χ0v) is 10.6. The molecule has 0 radical (unpaired) electrons. The fourth-order valence-corrected chi connectivity index (χ4v) is 2.37. The Morgan fingerprint density at radius 1 is 1.53 bits per heavy atom. The lowest BCUT2D eigenvalue weighted by atomic mass is 9.91. The third-order valence-corrected chi connectivity index (χ3v) is 3.16. The van der Waals surface area contributed by atoms with Crippen LogP contribution in [-0.2, 0) is 9.53 Å². The largest absolute Gasteiger partial charge is 0.465 e. The molecule has 1 rings (SSSR count). The van der Waals surface area contributed by atoms with E-state index in [1.165, 1.54) is 0 Å². The normalized spacial score (nSPS) is 24.6. The van der Waals surface area contributed by atoms with Gasteiger partial charge in [-0.25, -0.2) is 0 Å². The van der Waals surface area contributed by atoms with Gasteiger partial charge in [0.1, 0.15) is 0 Å². The lowest BCUT2D eigenvalue weighted by molar-refractivity contribution is -0.145. The van der Waals surface area contributed by atoms with Crippen LogP contribution >= 0.6 is 0 Å². The second-order valence-electron chi connectivity index (χ2n) is 4.44. The Balaban J connectivity index is 2.56. The Hall–Kier alpha value is -0.870. The van der Waals surface area contributed by atoms with E-state index in [1.54, 1.807) is 13.0 Å². The van der Waals surface area contributed by atoms with Gasteiger partial charge in [-0.2, -0.15) is 0 Å². The molecule has 1 aliphatic rings. The molecule has 1 aliphatic carbocycles. The Kier molecular flexibility index (Phi) is 6.22. The molecule has 0 amide bonds. The maximum absolute atomic E-state index is 11.5. The van der Waals surface area contributed by atoms with E-state index in [0.29, 0.717) is 13.2 Å². The van der Waals surface area contributed by atoms with E-state index in [4.69, 9.17) is 4.74 Å². The molecule has 0 aromatic heterocycles. The van der Waals surface area contributed by atoms with Crippen LogP contribution in [0.2, 0.25) is 0 Å². The van der Waals surface area contributed by atoms with Gasteiger partial charge < -0.3 is 9.84 Å². The van der Waals surface area contributed by atoms with Crippen LogP contribution in [0.5, 0.6) is 0 Å². The number of nitrogens with zero attached hydrogens (tertiary/aromatic N) is 1. The van der Waals surface area contributed by atoms with E-state index in [9.17, 15) is 9.90 Å². The number of rotatable bonds is 6. The maximum Gasteiger partial charge on any atom is 0.320 e. The minimum absolute atomic E-state index is 0.0613. The molecule has 98 valence electrons. The topological polar surface area (TPSA) is 49.8 Å². The van der Waals surface area contributed by atoms with Crippen LogP contribution in [-0.4, -0.2) is 47.8 Å². The molecular weight excluding hydrogens is 218 g/mol. The molecule has 2 atom stereocenters. The predicted octanol–water partition coefficient (Wildman–Crippen LogP) is 1.34. The van der Waals surface area contributed by atoms with E-state index in [0.717, 1.165) is 25.7 Å². The second kappa shape index (κ2) is 7.45. The number of aliphatic hydroxyl groups is 1. The molecule has 1 N–H and O–H groups in total. The highest BCUT2D eigenvalue weighted by molar-refractivity contribution is 5.71. The molecule has 0 heterocycles. The van der Waals surface area contributed by atoms with Crippen LogP contribution in [0.3, 0.4) is 0 Å². The van der Waals surface area contributed by atoms with Crippen molar-refractivity contribution in [2.75, 3.05) is 19.7 Å². The third-order valence-electron chi connectivity index (χ3n) is 3.16. The average molecular weight is 241 g/mol. The summed E-state index contributed by atoms with van der Waals surface area (Å²) < 4.78 is 4.95. The van der Waals surface area contributed by atoms with Gasteiger partial charge in [0, 0.05) is 12.6 Å². The molecule has 2 unspecified atom stereocenters. The summed E-state index contributed by atoms with van der Waals surface area (Å²) in [5.74, 6) is -0.230. The number of carbonyl (C=O) groups excluding carboxylic acids is 1. The zero-order chi connectivity index (χ0) is 12.7. The summed E-state index contributed by atoms with van der Waals surface area (Å²) in [6.45, 7) is 6.74. The average Bonchev–Trinajstić information content (AvgIpc) is 2.29. The summed E-state index contributed by atoms with van der Waals surface area (Å²) in [4.78, 5) is 13.5. The van der Waals surface area contributed by atoms with Gasteiger partial charge in [-0.1, -0.05) is 18.9 Å². The fourth-order valence-electron chi connectivity index (χ4n) is 2.37. The van der Waals surface area contributed by atoms with Gasteiger partial charge in [-0.3, -0.25) is 9.69 Å². The van der Waals surface area contributed by atoms with E-state index in [-0.39, 0.29) is 24.7 Å². The highest BCUT2D eigenvalue weighted by Gasteiger charge is 2.29. The van der Waals surface area contributed by atoms with Crippen molar-refractivity contribution in [3.8, 4) is 0 Å². The molecular formula is C13H23NO3. The molecule has 0 aliphatic heterocycles. The first kappa shape index (κ1) is 14.2. The number of esters is 1. The lowest BCUT2D eigenvalue weighted by Crippen LogP contribution is -2.47. The number of ether oxygens (including phenoxy) is 1. The molecule has 1 saturated carbocycles. The molecule has 1 fully saturated rings. The summed E-state index contributed by atoms with van der Waals surface area (Å²) in [5.41, 5.74) is 0. The van der Waals surface area contributed by atoms with Crippen molar-refractivity contribution in [2.24, 2.45) is 0 Å². The van der Waals surface area contributed by atoms with Crippen LogP contribution in [0.4, 0.5) is 0 Å². The molecule has 0 aromatic carbocycles. The van der Waals surface area contributed by atoms with Crippen molar-refractivity contribution in [3.05, 3.63) is 12.7 Å². The van der Waals surface area contributed by atoms with Crippen molar-refractivity contribution in [3.63, 3.8) is 0 Å². The van der Waals surface area contributed by atoms with Gasteiger partial charge in [0.15, 0.2) is 0 Å². The van der Waals surface area contributed by atoms with E-state index in [2.05, 4.69) is 6.58 Å². The first-order valence-electron chi connectivity index (χ1n) is 6.37. The lowest BCUT2D eigenvalue weighted by Gasteiger charge is -2.36. The van der Waals surface area contributed by atoms with Crippen molar-refractivity contribution in [1.82, 2.24) is 4.90 Å². The van der Waals surface area contributed by atoms with Gasteiger partial charge >= 0.3 is 5.97 Å². The summed E-state index contributed by atoms with van der Waals surface area (Å²) in [5, 5.41) is 9.98. The quantitative estimate of drug-likeness (QED) is 0.563. The van der Waals surface area contributed by atoms with Crippen LogP contribution < -0.4 is 0 Å². The van der Waals surface area contributed by atoms with Gasteiger partial charge in [0.05, 0.1) is 19.3 Å². The predicted molar refractivity (Wildman–Crippen MR) is 66.7 cm³/mol. The Bertz CT molecular complexity index is 255. The third kappa shape index (κ3) is 4.48. The number of hydrogen-bond acceptors (Lipinski definition) is 4. The van der Waals surface area contributed by atoms with Crippen molar-refractivity contribution >= 4 is 5.97 Å². The van der Waals surface area contributed by atoms with Crippen molar-refractivity contribution in [1.29, 1.82) is 0 Å². The first-order valence-corrected chi connectivity index (χ1v) is 6.37.